The first-order valence-electron chi connectivity index (χ1n) is 9.36. The van der Waals surface area contributed by atoms with E-state index in [2.05, 4.69) is 15.5 Å². The quantitative estimate of drug-likeness (QED) is 0.464. The fourth-order valence-electron chi connectivity index (χ4n) is 2.47. The second-order valence-electron chi connectivity index (χ2n) is 6.75. The topological polar surface area (TPSA) is 115 Å². The number of amides is 1. The summed E-state index contributed by atoms with van der Waals surface area (Å²) in [5.41, 5.74) is 0.450. The first-order valence-corrected chi connectivity index (χ1v) is 11.8. The maximum Gasteiger partial charge on any atom is 0.277 e. The molecule has 1 atom stereocenters. The van der Waals surface area contributed by atoms with Gasteiger partial charge in [-0.15, -0.1) is 10.2 Å². The van der Waals surface area contributed by atoms with Gasteiger partial charge in [0.25, 0.3) is 11.1 Å². The number of anilines is 1. The molecule has 1 heterocycles. The predicted octanol–water partition coefficient (Wildman–Crippen LogP) is 3.33. The zero-order valence-electron chi connectivity index (χ0n) is 17.5. The molecule has 12 heteroatoms. The van der Waals surface area contributed by atoms with Crippen molar-refractivity contribution in [2.24, 2.45) is 0 Å². The number of carbonyl (C=O) groups is 1. The van der Waals surface area contributed by atoms with Crippen molar-refractivity contribution >= 4 is 33.4 Å². The highest BCUT2D eigenvalue weighted by molar-refractivity contribution is 7.99. The van der Waals surface area contributed by atoms with Gasteiger partial charge in [0.2, 0.25) is 15.9 Å². The number of thioether (sulfide) groups is 1. The highest BCUT2D eigenvalue weighted by atomic mass is 32.2. The standard InChI is InChI=1S/C20H21FN4O5S2/c1-13(29-17-7-5-4-6-16(17)21)19-23-24-20(30-19)31-12-18(26)22-14-8-10-15(11-9-14)32(27,28)25(2)3/h4-11,13H,12H2,1-3H3,(H,22,26)/t13-/m1/s1. The van der Waals surface area contributed by atoms with E-state index in [1.807, 2.05) is 0 Å². The Morgan fingerprint density at radius 2 is 1.88 bits per heavy atom. The normalized spacial score (nSPS) is 12.5. The second-order valence-corrected chi connectivity index (χ2v) is 9.82. The third kappa shape index (κ3) is 5.84. The van der Waals surface area contributed by atoms with Crippen molar-refractivity contribution in [3.63, 3.8) is 0 Å². The molecule has 0 unspecified atom stereocenters. The molecule has 0 aliphatic rings. The van der Waals surface area contributed by atoms with E-state index in [0.29, 0.717) is 5.69 Å². The molecular formula is C20H21FN4O5S2. The number of rotatable bonds is 9. The molecule has 170 valence electrons. The summed E-state index contributed by atoms with van der Waals surface area (Å²) in [5, 5.41) is 10.6. The summed E-state index contributed by atoms with van der Waals surface area (Å²) in [4.78, 5) is 12.3. The van der Waals surface area contributed by atoms with Gasteiger partial charge in [-0.1, -0.05) is 23.9 Å². The van der Waals surface area contributed by atoms with E-state index in [1.165, 1.54) is 50.5 Å². The van der Waals surface area contributed by atoms with Crippen LogP contribution >= 0.6 is 11.8 Å². The van der Waals surface area contributed by atoms with E-state index < -0.39 is 21.9 Å². The van der Waals surface area contributed by atoms with Gasteiger partial charge >= 0.3 is 0 Å². The monoisotopic (exact) mass is 480 g/mol. The summed E-state index contributed by atoms with van der Waals surface area (Å²) in [6.07, 6.45) is -0.681. The number of sulfonamides is 1. The van der Waals surface area contributed by atoms with Gasteiger partial charge in [-0.05, 0) is 43.3 Å². The van der Waals surface area contributed by atoms with Crippen LogP contribution in [0.2, 0.25) is 0 Å². The average Bonchev–Trinajstić information content (AvgIpc) is 3.23. The lowest BCUT2D eigenvalue weighted by atomic mass is 10.3. The summed E-state index contributed by atoms with van der Waals surface area (Å²) in [5.74, 6) is -0.641. The maximum atomic E-state index is 13.7. The number of aromatic nitrogens is 2. The van der Waals surface area contributed by atoms with Crippen LogP contribution in [0.1, 0.15) is 18.9 Å². The lowest BCUT2D eigenvalue weighted by Crippen LogP contribution is -2.22. The molecule has 1 aromatic heterocycles. The molecule has 3 aromatic rings. The maximum absolute atomic E-state index is 13.7. The number of benzene rings is 2. The Labute approximate surface area is 189 Å². The first-order chi connectivity index (χ1) is 15.2. The molecule has 1 N–H and O–H groups in total. The highest BCUT2D eigenvalue weighted by Gasteiger charge is 2.19. The van der Waals surface area contributed by atoms with E-state index in [0.717, 1.165) is 16.1 Å². The number of hydrogen-bond donors (Lipinski definition) is 1. The minimum atomic E-state index is -3.54. The Bertz CT molecular complexity index is 1180. The summed E-state index contributed by atoms with van der Waals surface area (Å²) in [7, 11) is -0.653. The zero-order chi connectivity index (χ0) is 23.3. The van der Waals surface area contributed by atoms with Crippen LogP contribution in [0.15, 0.2) is 63.1 Å². The summed E-state index contributed by atoms with van der Waals surface area (Å²) in [6, 6.07) is 11.8. The van der Waals surface area contributed by atoms with Gasteiger partial charge in [-0.3, -0.25) is 4.79 Å². The van der Waals surface area contributed by atoms with Crippen molar-refractivity contribution in [3.05, 3.63) is 60.2 Å². The fourth-order valence-corrected chi connectivity index (χ4v) is 3.94. The number of para-hydroxylation sites is 1. The lowest BCUT2D eigenvalue weighted by molar-refractivity contribution is -0.113. The molecule has 3 rings (SSSR count). The second kappa shape index (κ2) is 10.1. The molecule has 1 amide bonds. The molecule has 0 bridgehead atoms. The average molecular weight is 481 g/mol. The summed E-state index contributed by atoms with van der Waals surface area (Å²) >= 11 is 1.02. The first kappa shape index (κ1) is 23.7. The third-order valence-electron chi connectivity index (χ3n) is 4.15. The van der Waals surface area contributed by atoms with Crippen LogP contribution in [0.25, 0.3) is 0 Å². The highest BCUT2D eigenvalue weighted by Crippen LogP contribution is 2.25. The molecule has 2 aromatic carbocycles. The number of halogens is 1. The van der Waals surface area contributed by atoms with Gasteiger partial charge in [-0.2, -0.15) is 0 Å². The summed E-state index contributed by atoms with van der Waals surface area (Å²) < 4.78 is 49.9. The van der Waals surface area contributed by atoms with Crippen molar-refractivity contribution in [3.8, 4) is 5.75 Å². The van der Waals surface area contributed by atoms with Crippen LogP contribution in [-0.4, -0.2) is 48.7 Å². The Hall–Kier alpha value is -2.96. The van der Waals surface area contributed by atoms with Crippen LogP contribution in [0.3, 0.4) is 0 Å². The molecule has 9 nitrogen and oxygen atoms in total. The van der Waals surface area contributed by atoms with E-state index in [1.54, 1.807) is 19.1 Å². The number of nitrogens with one attached hydrogen (secondary N) is 1. The molecule has 0 radical (unpaired) electrons. The van der Waals surface area contributed by atoms with Crippen molar-refractivity contribution in [2.75, 3.05) is 25.2 Å². The van der Waals surface area contributed by atoms with Crippen molar-refractivity contribution in [1.82, 2.24) is 14.5 Å². The number of hydrogen-bond acceptors (Lipinski definition) is 8. The van der Waals surface area contributed by atoms with Crippen LogP contribution in [0, 0.1) is 5.82 Å². The SMILES string of the molecule is C[C@@H](Oc1ccccc1F)c1nnc(SCC(=O)Nc2ccc(S(=O)(=O)N(C)C)cc2)o1. The number of ether oxygens (including phenoxy) is 1. The predicted molar refractivity (Wildman–Crippen MR) is 116 cm³/mol. The fraction of sp³-hybridized carbons (Fsp3) is 0.250. The van der Waals surface area contributed by atoms with E-state index >= 15 is 0 Å². The van der Waals surface area contributed by atoms with E-state index in [9.17, 15) is 17.6 Å². The van der Waals surface area contributed by atoms with Gasteiger partial charge in [-0.25, -0.2) is 17.1 Å². The van der Waals surface area contributed by atoms with E-state index in [-0.39, 0.29) is 33.4 Å². The third-order valence-corrected chi connectivity index (χ3v) is 6.80. The molecule has 32 heavy (non-hydrogen) atoms. The van der Waals surface area contributed by atoms with Crippen molar-refractivity contribution in [2.45, 2.75) is 23.1 Å². The van der Waals surface area contributed by atoms with Crippen molar-refractivity contribution < 1.29 is 26.8 Å². The Kier molecular flexibility index (Phi) is 7.48. The Morgan fingerprint density at radius 3 is 2.53 bits per heavy atom. The largest absolute Gasteiger partial charge is 0.478 e. The van der Waals surface area contributed by atoms with Crippen LogP contribution in [0.5, 0.6) is 5.75 Å². The molecule has 0 fully saturated rings. The van der Waals surface area contributed by atoms with Crippen molar-refractivity contribution in [1.29, 1.82) is 0 Å². The molecule has 0 aliphatic heterocycles. The van der Waals surface area contributed by atoms with Gasteiger partial charge < -0.3 is 14.5 Å². The zero-order valence-corrected chi connectivity index (χ0v) is 19.1. The molecule has 0 saturated heterocycles. The lowest BCUT2D eigenvalue weighted by Gasteiger charge is -2.12. The minimum absolute atomic E-state index is 0.0120. The van der Waals surface area contributed by atoms with Gasteiger partial charge in [0.05, 0.1) is 10.6 Å². The van der Waals surface area contributed by atoms with Crippen LogP contribution in [0.4, 0.5) is 10.1 Å². The summed E-state index contributed by atoms with van der Waals surface area (Å²) in [6.45, 7) is 1.64. The molecule has 0 spiro atoms. The van der Waals surface area contributed by atoms with Crippen LogP contribution in [-0.2, 0) is 14.8 Å². The molecule has 0 aliphatic carbocycles. The van der Waals surface area contributed by atoms with Gasteiger partial charge in [0.1, 0.15) is 0 Å². The van der Waals surface area contributed by atoms with Gasteiger partial charge in [0.15, 0.2) is 17.7 Å². The molecular weight excluding hydrogens is 459 g/mol. The smallest absolute Gasteiger partial charge is 0.277 e. The number of nitrogens with zero attached hydrogens (tertiary/aromatic N) is 3. The minimum Gasteiger partial charge on any atom is -0.478 e. The number of carbonyl (C=O) groups excluding carboxylic acids is 1. The Balaban J connectivity index is 1.52. The molecule has 0 saturated carbocycles. The van der Waals surface area contributed by atoms with Gasteiger partial charge in [0, 0.05) is 19.8 Å². The van der Waals surface area contributed by atoms with Crippen LogP contribution < -0.4 is 10.1 Å². The van der Waals surface area contributed by atoms with E-state index in [4.69, 9.17) is 9.15 Å². The Morgan fingerprint density at radius 1 is 1.19 bits per heavy atom.